The highest BCUT2D eigenvalue weighted by Gasteiger charge is 2.40. The molecule has 1 aromatic rings. The Morgan fingerprint density at radius 3 is 2.74 bits per heavy atom. The first-order valence-electron chi connectivity index (χ1n) is 6.47. The Labute approximate surface area is 111 Å². The third kappa shape index (κ3) is 2.33. The number of piperazine rings is 1. The molecule has 3 rings (SSSR count). The molecule has 1 aromatic carbocycles. The molecule has 100 valence electrons. The smallest absolute Gasteiger partial charge is 0.312 e. The molecule has 2 heterocycles. The van der Waals surface area contributed by atoms with Crippen molar-refractivity contribution in [3.8, 4) is 0 Å². The van der Waals surface area contributed by atoms with Crippen LogP contribution in [0.25, 0.3) is 0 Å². The minimum atomic E-state index is -0.401. The molecule has 0 saturated carbocycles. The lowest BCUT2D eigenvalue weighted by atomic mass is 10.1. The van der Waals surface area contributed by atoms with Crippen LogP contribution in [0.1, 0.15) is 5.56 Å². The molecule has 2 amide bonds. The zero-order valence-electron chi connectivity index (χ0n) is 10.6. The van der Waals surface area contributed by atoms with E-state index in [1.165, 1.54) is 0 Å². The van der Waals surface area contributed by atoms with Gasteiger partial charge in [0.1, 0.15) is 0 Å². The first-order chi connectivity index (χ1) is 9.25. The van der Waals surface area contributed by atoms with E-state index in [-0.39, 0.29) is 6.04 Å². The second-order valence-corrected chi connectivity index (χ2v) is 4.90. The van der Waals surface area contributed by atoms with Gasteiger partial charge in [-0.05, 0) is 5.56 Å². The number of morpholine rings is 1. The highest BCUT2D eigenvalue weighted by atomic mass is 16.5. The fourth-order valence-electron chi connectivity index (χ4n) is 2.61. The average molecular weight is 260 g/mol. The minimum Gasteiger partial charge on any atom is -0.377 e. The molecule has 0 aliphatic carbocycles. The van der Waals surface area contributed by atoms with Gasteiger partial charge in [0, 0.05) is 19.6 Å². The molecule has 2 aliphatic rings. The van der Waals surface area contributed by atoms with Gasteiger partial charge >= 0.3 is 11.8 Å². The van der Waals surface area contributed by atoms with Crippen molar-refractivity contribution in [2.75, 3.05) is 26.3 Å². The third-order valence-electron chi connectivity index (χ3n) is 3.61. The summed E-state index contributed by atoms with van der Waals surface area (Å²) < 4.78 is 5.39. The van der Waals surface area contributed by atoms with Crippen LogP contribution in [0.5, 0.6) is 0 Å². The number of rotatable bonds is 2. The van der Waals surface area contributed by atoms with Crippen molar-refractivity contribution in [3.63, 3.8) is 0 Å². The summed E-state index contributed by atoms with van der Waals surface area (Å²) in [4.78, 5) is 27.4. The van der Waals surface area contributed by atoms with Crippen LogP contribution >= 0.6 is 0 Å². The van der Waals surface area contributed by atoms with Gasteiger partial charge in [0.25, 0.3) is 0 Å². The zero-order chi connectivity index (χ0) is 13.2. The highest BCUT2D eigenvalue weighted by molar-refractivity contribution is 6.35. The van der Waals surface area contributed by atoms with Gasteiger partial charge in [-0.3, -0.25) is 9.59 Å². The third-order valence-corrected chi connectivity index (χ3v) is 3.61. The molecule has 5 heteroatoms. The summed E-state index contributed by atoms with van der Waals surface area (Å²) in [5.41, 5.74) is 1.04. The zero-order valence-corrected chi connectivity index (χ0v) is 10.6. The molecule has 0 spiro atoms. The first kappa shape index (κ1) is 12.2. The molecule has 2 aliphatic heterocycles. The van der Waals surface area contributed by atoms with Crippen LogP contribution < -0.4 is 0 Å². The van der Waals surface area contributed by atoms with E-state index in [0.717, 1.165) is 5.56 Å². The van der Waals surface area contributed by atoms with Gasteiger partial charge < -0.3 is 14.5 Å². The maximum absolute atomic E-state index is 12.1. The summed E-state index contributed by atoms with van der Waals surface area (Å²) in [5, 5.41) is 0. The van der Waals surface area contributed by atoms with Crippen molar-refractivity contribution in [1.29, 1.82) is 0 Å². The van der Waals surface area contributed by atoms with Crippen molar-refractivity contribution in [3.05, 3.63) is 35.9 Å². The summed E-state index contributed by atoms with van der Waals surface area (Å²) in [7, 11) is 0. The number of carbonyl (C=O) groups is 2. The summed E-state index contributed by atoms with van der Waals surface area (Å²) in [6, 6.07) is 9.72. The van der Waals surface area contributed by atoms with E-state index >= 15 is 0 Å². The Balaban J connectivity index is 1.75. The Morgan fingerprint density at radius 2 is 1.95 bits per heavy atom. The van der Waals surface area contributed by atoms with E-state index in [0.29, 0.717) is 32.8 Å². The Hall–Kier alpha value is -1.88. The van der Waals surface area contributed by atoms with E-state index in [1.807, 2.05) is 30.3 Å². The molecule has 0 N–H and O–H groups in total. The summed E-state index contributed by atoms with van der Waals surface area (Å²) in [6.45, 7) is 2.60. The van der Waals surface area contributed by atoms with Crippen molar-refractivity contribution < 1.29 is 14.3 Å². The lowest BCUT2D eigenvalue weighted by molar-refractivity contribution is -0.165. The van der Waals surface area contributed by atoms with Gasteiger partial charge in [-0.15, -0.1) is 0 Å². The normalized spacial score (nSPS) is 23.5. The maximum Gasteiger partial charge on any atom is 0.312 e. The number of fused-ring (bicyclic) bond motifs is 1. The van der Waals surface area contributed by atoms with Crippen LogP contribution in [0, 0.1) is 0 Å². The fourth-order valence-corrected chi connectivity index (χ4v) is 2.61. The maximum atomic E-state index is 12.1. The summed E-state index contributed by atoms with van der Waals surface area (Å²) in [5.74, 6) is -0.794. The van der Waals surface area contributed by atoms with Gasteiger partial charge in [0.05, 0.1) is 19.3 Å². The molecule has 2 fully saturated rings. The molecule has 1 atom stereocenters. The van der Waals surface area contributed by atoms with Crippen LogP contribution in [-0.4, -0.2) is 54.0 Å². The van der Waals surface area contributed by atoms with E-state index in [2.05, 4.69) is 0 Å². The van der Waals surface area contributed by atoms with Gasteiger partial charge in [-0.2, -0.15) is 0 Å². The van der Waals surface area contributed by atoms with Crippen molar-refractivity contribution >= 4 is 11.8 Å². The van der Waals surface area contributed by atoms with E-state index < -0.39 is 11.8 Å². The molecule has 5 nitrogen and oxygen atoms in total. The Bertz CT molecular complexity index is 489. The molecular weight excluding hydrogens is 244 g/mol. The molecule has 2 saturated heterocycles. The van der Waals surface area contributed by atoms with Crippen LogP contribution in [0.2, 0.25) is 0 Å². The first-order valence-corrected chi connectivity index (χ1v) is 6.47. The average Bonchev–Trinajstić information content (AvgIpc) is 2.46. The second-order valence-electron chi connectivity index (χ2n) is 4.90. The topological polar surface area (TPSA) is 49.9 Å². The highest BCUT2D eigenvalue weighted by Crippen LogP contribution is 2.18. The fraction of sp³-hybridized carbons (Fsp3) is 0.429. The van der Waals surface area contributed by atoms with Gasteiger partial charge in [-0.25, -0.2) is 0 Å². The molecule has 0 radical (unpaired) electrons. The van der Waals surface area contributed by atoms with Gasteiger partial charge in [0.15, 0.2) is 0 Å². The minimum absolute atomic E-state index is 0.00247. The van der Waals surface area contributed by atoms with Crippen molar-refractivity contribution in [1.82, 2.24) is 9.80 Å². The van der Waals surface area contributed by atoms with Crippen LogP contribution in [0.3, 0.4) is 0 Å². The Morgan fingerprint density at radius 1 is 1.16 bits per heavy atom. The molecule has 0 aromatic heterocycles. The molecule has 1 unspecified atom stereocenters. The predicted molar refractivity (Wildman–Crippen MR) is 68.2 cm³/mol. The van der Waals surface area contributed by atoms with Crippen molar-refractivity contribution in [2.45, 2.75) is 12.6 Å². The lowest BCUT2D eigenvalue weighted by Crippen LogP contribution is -2.63. The van der Waals surface area contributed by atoms with Crippen LogP contribution in [-0.2, 0) is 20.9 Å². The summed E-state index contributed by atoms with van der Waals surface area (Å²) >= 11 is 0. The standard InChI is InChI=1S/C14H16N2O3/c17-13-14(18)16-6-7-19-10-12(16)9-15(13)8-11-4-2-1-3-5-11/h1-5,12H,6-10H2. The number of hydrogen-bond acceptors (Lipinski definition) is 3. The SMILES string of the molecule is O=C1C(=O)N2CCOCC2CN1Cc1ccccc1. The van der Waals surface area contributed by atoms with Crippen LogP contribution in [0.4, 0.5) is 0 Å². The predicted octanol–water partition coefficient (Wildman–Crippen LogP) is 0.256. The van der Waals surface area contributed by atoms with E-state index in [1.54, 1.807) is 9.80 Å². The van der Waals surface area contributed by atoms with Gasteiger partial charge in [0.2, 0.25) is 0 Å². The summed E-state index contributed by atoms with van der Waals surface area (Å²) in [6.07, 6.45) is 0. The second kappa shape index (κ2) is 5.01. The van der Waals surface area contributed by atoms with E-state index in [4.69, 9.17) is 4.74 Å². The molecule has 19 heavy (non-hydrogen) atoms. The quantitative estimate of drug-likeness (QED) is 0.717. The number of amides is 2. The number of ether oxygens (including phenoxy) is 1. The molecular formula is C14H16N2O3. The van der Waals surface area contributed by atoms with Crippen molar-refractivity contribution in [2.24, 2.45) is 0 Å². The number of nitrogens with zero attached hydrogens (tertiary/aromatic N) is 2. The number of hydrogen-bond donors (Lipinski definition) is 0. The number of benzene rings is 1. The lowest BCUT2D eigenvalue weighted by Gasteiger charge is -2.42. The largest absolute Gasteiger partial charge is 0.377 e. The monoisotopic (exact) mass is 260 g/mol. The molecule has 0 bridgehead atoms. The number of carbonyl (C=O) groups excluding carboxylic acids is 2. The van der Waals surface area contributed by atoms with Gasteiger partial charge in [-0.1, -0.05) is 30.3 Å². The van der Waals surface area contributed by atoms with Crippen LogP contribution in [0.15, 0.2) is 30.3 Å². The Kier molecular flexibility index (Phi) is 3.21. The van der Waals surface area contributed by atoms with E-state index in [9.17, 15) is 9.59 Å².